The Kier molecular flexibility index (Phi) is 4.94. The number of aromatic nitrogens is 1. The number of carbonyl (C=O) groups excluding carboxylic acids is 1. The lowest BCUT2D eigenvalue weighted by atomic mass is 10.2. The molecule has 3 rings (SSSR count). The molecular formula is C19H15N3O2. The van der Waals surface area contributed by atoms with Crippen LogP contribution in [-0.4, -0.2) is 17.1 Å². The fourth-order valence-corrected chi connectivity index (χ4v) is 2.01. The molecule has 0 spiro atoms. The molecular weight excluding hydrogens is 302 g/mol. The molecule has 0 saturated heterocycles. The van der Waals surface area contributed by atoms with Gasteiger partial charge >= 0.3 is 0 Å². The lowest BCUT2D eigenvalue weighted by Gasteiger charge is -2.08. The number of nitrogens with zero attached hydrogens (tertiary/aromatic N) is 2. The predicted octanol–water partition coefficient (Wildman–Crippen LogP) is 3.64. The molecule has 1 heterocycles. The number of ether oxygens (including phenoxy) is 1. The van der Waals surface area contributed by atoms with E-state index in [0.29, 0.717) is 11.3 Å². The molecule has 0 aliphatic carbocycles. The van der Waals surface area contributed by atoms with Crippen molar-refractivity contribution in [2.24, 2.45) is 5.10 Å². The average Bonchev–Trinajstić information content (AvgIpc) is 2.64. The first-order chi connectivity index (χ1) is 11.8. The van der Waals surface area contributed by atoms with Gasteiger partial charge in [-0.2, -0.15) is 5.10 Å². The van der Waals surface area contributed by atoms with Gasteiger partial charge in [0.15, 0.2) is 0 Å². The minimum Gasteiger partial charge on any atom is -0.438 e. The van der Waals surface area contributed by atoms with Crippen LogP contribution >= 0.6 is 0 Å². The van der Waals surface area contributed by atoms with Crippen molar-refractivity contribution in [3.63, 3.8) is 0 Å². The van der Waals surface area contributed by atoms with Gasteiger partial charge < -0.3 is 4.74 Å². The van der Waals surface area contributed by atoms with Gasteiger partial charge in [0, 0.05) is 6.20 Å². The van der Waals surface area contributed by atoms with E-state index in [1.54, 1.807) is 36.7 Å². The number of para-hydroxylation sites is 1. The molecule has 3 aromatic rings. The van der Waals surface area contributed by atoms with E-state index in [4.69, 9.17) is 4.74 Å². The van der Waals surface area contributed by atoms with Crippen molar-refractivity contribution in [3.05, 3.63) is 90.1 Å². The molecule has 0 aliphatic rings. The predicted molar refractivity (Wildman–Crippen MR) is 92.3 cm³/mol. The lowest BCUT2D eigenvalue weighted by Crippen LogP contribution is -2.18. The normalized spacial score (nSPS) is 10.5. The highest BCUT2D eigenvalue weighted by atomic mass is 16.5. The number of amides is 1. The van der Waals surface area contributed by atoms with Gasteiger partial charge in [0.25, 0.3) is 5.91 Å². The summed E-state index contributed by atoms with van der Waals surface area (Å²) in [6.07, 6.45) is 3.15. The van der Waals surface area contributed by atoms with Crippen LogP contribution in [0, 0.1) is 0 Å². The number of hydrogen-bond acceptors (Lipinski definition) is 4. The van der Waals surface area contributed by atoms with E-state index in [1.165, 1.54) is 0 Å². The Bertz CT molecular complexity index is 834. The second kappa shape index (κ2) is 7.69. The van der Waals surface area contributed by atoms with E-state index in [-0.39, 0.29) is 11.8 Å². The summed E-state index contributed by atoms with van der Waals surface area (Å²) in [7, 11) is 0. The van der Waals surface area contributed by atoms with Crippen LogP contribution in [0.4, 0.5) is 0 Å². The molecule has 1 N–H and O–H groups in total. The summed E-state index contributed by atoms with van der Waals surface area (Å²) in [6, 6.07) is 22.0. The van der Waals surface area contributed by atoms with Gasteiger partial charge in [-0.25, -0.2) is 10.4 Å². The van der Waals surface area contributed by atoms with Gasteiger partial charge in [-0.05, 0) is 29.8 Å². The molecule has 24 heavy (non-hydrogen) atoms. The van der Waals surface area contributed by atoms with Crippen LogP contribution in [0.1, 0.15) is 15.9 Å². The Hall–Kier alpha value is -3.47. The van der Waals surface area contributed by atoms with Crippen LogP contribution < -0.4 is 10.2 Å². The van der Waals surface area contributed by atoms with Crippen LogP contribution in [0.25, 0.3) is 0 Å². The molecule has 5 heteroatoms. The first-order valence-electron chi connectivity index (χ1n) is 7.39. The van der Waals surface area contributed by atoms with E-state index in [1.807, 2.05) is 48.5 Å². The summed E-state index contributed by atoms with van der Waals surface area (Å²) >= 11 is 0. The largest absolute Gasteiger partial charge is 0.438 e. The fraction of sp³-hybridized carbons (Fsp3) is 0. The molecule has 0 bridgehead atoms. The summed E-state index contributed by atoms with van der Waals surface area (Å²) in [5.41, 5.74) is 3.69. The van der Waals surface area contributed by atoms with Crippen molar-refractivity contribution in [2.75, 3.05) is 0 Å². The second-order valence-corrected chi connectivity index (χ2v) is 4.88. The zero-order valence-electron chi connectivity index (χ0n) is 12.8. The molecule has 5 nitrogen and oxygen atoms in total. The Morgan fingerprint density at radius 1 is 0.958 bits per heavy atom. The molecule has 0 unspecified atom stereocenters. The number of carbonyl (C=O) groups is 1. The average molecular weight is 317 g/mol. The van der Waals surface area contributed by atoms with Crippen molar-refractivity contribution in [1.29, 1.82) is 0 Å². The Balaban J connectivity index is 1.72. The highest BCUT2D eigenvalue weighted by molar-refractivity contribution is 5.96. The van der Waals surface area contributed by atoms with Crippen LogP contribution in [0.15, 0.2) is 84.1 Å². The van der Waals surface area contributed by atoms with Crippen molar-refractivity contribution in [1.82, 2.24) is 10.4 Å². The number of pyridine rings is 1. The van der Waals surface area contributed by atoms with Gasteiger partial charge in [0.05, 0.1) is 6.21 Å². The minimum absolute atomic E-state index is 0.233. The van der Waals surface area contributed by atoms with E-state index < -0.39 is 0 Å². The third-order valence-electron chi connectivity index (χ3n) is 3.15. The zero-order chi connectivity index (χ0) is 16.6. The summed E-state index contributed by atoms with van der Waals surface area (Å²) in [5, 5.41) is 3.96. The smallest absolute Gasteiger partial charge is 0.276 e. The number of nitrogens with one attached hydrogen (secondary N) is 1. The summed E-state index contributed by atoms with van der Waals surface area (Å²) < 4.78 is 5.67. The summed E-state index contributed by atoms with van der Waals surface area (Å²) in [5.74, 6) is 0.454. The standard InChI is InChI=1S/C19H15N3O2/c23-18(22-21-14-15-8-3-1-4-9-15)17-12-7-13-20-19(17)24-16-10-5-2-6-11-16/h1-14H,(H,22,23)/b21-14+. The molecule has 1 aromatic heterocycles. The summed E-state index contributed by atoms with van der Waals surface area (Å²) in [6.45, 7) is 0. The van der Waals surface area contributed by atoms with Crippen LogP contribution in [0.3, 0.4) is 0 Å². The number of rotatable bonds is 5. The first-order valence-corrected chi connectivity index (χ1v) is 7.39. The van der Waals surface area contributed by atoms with Crippen LogP contribution in [0.2, 0.25) is 0 Å². The lowest BCUT2D eigenvalue weighted by molar-refractivity contribution is 0.0952. The maximum absolute atomic E-state index is 12.3. The highest BCUT2D eigenvalue weighted by Crippen LogP contribution is 2.22. The molecule has 0 radical (unpaired) electrons. The Morgan fingerprint density at radius 2 is 1.67 bits per heavy atom. The van der Waals surface area contributed by atoms with E-state index in [9.17, 15) is 4.79 Å². The number of hydrogen-bond donors (Lipinski definition) is 1. The molecule has 2 aromatic carbocycles. The highest BCUT2D eigenvalue weighted by Gasteiger charge is 2.13. The topological polar surface area (TPSA) is 63.6 Å². The second-order valence-electron chi connectivity index (χ2n) is 4.88. The van der Waals surface area contributed by atoms with Crippen molar-refractivity contribution < 1.29 is 9.53 Å². The maximum Gasteiger partial charge on any atom is 0.276 e. The Labute approximate surface area is 139 Å². The molecule has 0 aliphatic heterocycles. The van der Waals surface area contributed by atoms with E-state index in [0.717, 1.165) is 5.56 Å². The van der Waals surface area contributed by atoms with Crippen LogP contribution in [0.5, 0.6) is 11.6 Å². The maximum atomic E-state index is 12.3. The minimum atomic E-state index is -0.388. The molecule has 0 fully saturated rings. The fourth-order valence-electron chi connectivity index (χ4n) is 2.01. The molecule has 0 saturated carbocycles. The SMILES string of the molecule is O=C(N/N=C/c1ccccc1)c1cccnc1Oc1ccccc1. The van der Waals surface area contributed by atoms with Gasteiger partial charge in [-0.1, -0.05) is 48.5 Å². The van der Waals surface area contributed by atoms with E-state index >= 15 is 0 Å². The molecule has 118 valence electrons. The number of hydrazone groups is 1. The van der Waals surface area contributed by atoms with E-state index in [2.05, 4.69) is 15.5 Å². The summed E-state index contributed by atoms with van der Waals surface area (Å²) in [4.78, 5) is 16.4. The van der Waals surface area contributed by atoms with Gasteiger partial charge in [0.2, 0.25) is 5.88 Å². The number of benzene rings is 2. The third kappa shape index (κ3) is 4.04. The Morgan fingerprint density at radius 3 is 2.42 bits per heavy atom. The van der Waals surface area contributed by atoms with Gasteiger partial charge in [-0.15, -0.1) is 0 Å². The quantitative estimate of drug-likeness (QED) is 0.577. The molecule has 1 amide bonds. The van der Waals surface area contributed by atoms with Crippen molar-refractivity contribution in [3.8, 4) is 11.6 Å². The van der Waals surface area contributed by atoms with Gasteiger partial charge in [0.1, 0.15) is 11.3 Å². The van der Waals surface area contributed by atoms with Crippen LogP contribution in [-0.2, 0) is 0 Å². The first kappa shape index (κ1) is 15.4. The monoisotopic (exact) mass is 317 g/mol. The van der Waals surface area contributed by atoms with Crippen molar-refractivity contribution >= 4 is 12.1 Å². The van der Waals surface area contributed by atoms with Gasteiger partial charge in [-0.3, -0.25) is 4.79 Å². The van der Waals surface area contributed by atoms with Crippen molar-refractivity contribution in [2.45, 2.75) is 0 Å². The zero-order valence-corrected chi connectivity index (χ0v) is 12.8. The third-order valence-corrected chi connectivity index (χ3v) is 3.15. The molecule has 0 atom stereocenters.